The molecule has 1 saturated heterocycles. The molecule has 4 heterocycles. The third-order valence-corrected chi connectivity index (χ3v) is 6.50. The molecule has 1 aliphatic heterocycles. The zero-order valence-electron chi connectivity index (χ0n) is 21.6. The van der Waals surface area contributed by atoms with Crippen molar-refractivity contribution in [3.63, 3.8) is 0 Å². The van der Waals surface area contributed by atoms with E-state index < -0.39 is 25.1 Å². The quantitative estimate of drug-likeness (QED) is 0.385. The predicted octanol–water partition coefficient (Wildman–Crippen LogP) is 3.90. The number of hydrogen-bond donors (Lipinski definition) is 1. The Labute approximate surface area is 216 Å². The number of anilines is 2. The molecule has 0 atom stereocenters. The molecule has 13 heteroatoms. The van der Waals surface area contributed by atoms with Gasteiger partial charge in [0, 0.05) is 18.7 Å². The largest absolute Gasteiger partial charge is 0.493 e. The van der Waals surface area contributed by atoms with Crippen molar-refractivity contribution >= 4 is 23.4 Å². The lowest BCUT2D eigenvalue weighted by Crippen LogP contribution is -2.56. The molecule has 11 nitrogen and oxygen atoms in total. The highest BCUT2D eigenvalue weighted by Crippen LogP contribution is 2.39. The molecule has 1 aliphatic rings. The highest BCUT2D eigenvalue weighted by molar-refractivity contribution is 5.88. The molecule has 0 radical (unpaired) electrons. The van der Waals surface area contributed by atoms with Gasteiger partial charge in [0.05, 0.1) is 50.9 Å². The number of carbonyl (C=O) groups is 1. The lowest BCUT2D eigenvalue weighted by molar-refractivity contribution is -0.0266. The number of halogens is 2. The van der Waals surface area contributed by atoms with Crippen molar-refractivity contribution < 1.29 is 28.2 Å². The first-order valence-corrected chi connectivity index (χ1v) is 11.8. The normalized spacial score (nSPS) is 14.4. The van der Waals surface area contributed by atoms with Crippen molar-refractivity contribution in [1.29, 1.82) is 0 Å². The number of aryl methyl sites for hydroxylation is 3. The van der Waals surface area contributed by atoms with E-state index in [1.807, 2.05) is 13.0 Å². The van der Waals surface area contributed by atoms with Crippen LogP contribution in [0, 0.1) is 13.8 Å². The number of alkyl halides is 2. The monoisotopic (exact) mass is 527 g/mol. The summed E-state index contributed by atoms with van der Waals surface area (Å²) in [6.45, 7) is 2.53. The van der Waals surface area contributed by atoms with E-state index >= 15 is 0 Å². The van der Waals surface area contributed by atoms with Crippen LogP contribution in [0.1, 0.15) is 17.1 Å². The van der Waals surface area contributed by atoms with Gasteiger partial charge in [0.15, 0.2) is 17.1 Å². The molecule has 0 aliphatic carbocycles. The van der Waals surface area contributed by atoms with Crippen LogP contribution in [0.25, 0.3) is 16.8 Å². The first-order chi connectivity index (χ1) is 18.0. The molecule has 1 N–H and O–H groups in total. The van der Waals surface area contributed by atoms with Gasteiger partial charge >= 0.3 is 6.09 Å². The fourth-order valence-electron chi connectivity index (χ4n) is 4.67. The number of carboxylic acid groups (broad SMARTS) is 1. The zero-order valence-corrected chi connectivity index (χ0v) is 21.6. The molecule has 3 aromatic heterocycles. The van der Waals surface area contributed by atoms with E-state index in [1.165, 1.54) is 29.7 Å². The smallest absolute Gasteiger partial charge is 0.413 e. The second-order valence-electron chi connectivity index (χ2n) is 9.22. The number of ether oxygens (including phenoxy) is 2. The minimum atomic E-state index is -2.84. The summed E-state index contributed by atoms with van der Waals surface area (Å²) in [4.78, 5) is 19.7. The van der Waals surface area contributed by atoms with E-state index in [2.05, 4.69) is 15.2 Å². The summed E-state index contributed by atoms with van der Waals surface area (Å²) in [5.41, 5.74) is 3.59. The maximum Gasteiger partial charge on any atom is 0.413 e. The van der Waals surface area contributed by atoms with Gasteiger partial charge in [0.1, 0.15) is 11.6 Å². The van der Waals surface area contributed by atoms with Gasteiger partial charge in [0.25, 0.3) is 5.92 Å². The van der Waals surface area contributed by atoms with Crippen LogP contribution in [0.2, 0.25) is 0 Å². The summed E-state index contributed by atoms with van der Waals surface area (Å²) in [5.74, 6) is -1.42. The van der Waals surface area contributed by atoms with Crippen LogP contribution in [0.3, 0.4) is 0 Å². The highest BCUT2D eigenvalue weighted by atomic mass is 19.3. The number of fused-ring (bicyclic) bond motifs is 1. The summed E-state index contributed by atoms with van der Waals surface area (Å²) in [6, 6.07) is 8.58. The first-order valence-electron chi connectivity index (χ1n) is 11.8. The minimum absolute atomic E-state index is 0.0357. The number of nitrogens with zero attached hydrogens (tertiary/aromatic N) is 7. The van der Waals surface area contributed by atoms with Crippen LogP contribution < -0.4 is 19.3 Å². The fourth-order valence-corrected chi connectivity index (χ4v) is 4.67. The average Bonchev–Trinajstić information content (AvgIpc) is 3.36. The van der Waals surface area contributed by atoms with Gasteiger partial charge in [-0.3, -0.25) is 9.58 Å². The third-order valence-electron chi connectivity index (χ3n) is 6.50. The third kappa shape index (κ3) is 4.33. The number of benzene rings is 1. The van der Waals surface area contributed by atoms with Gasteiger partial charge in [0.2, 0.25) is 0 Å². The van der Waals surface area contributed by atoms with Crippen LogP contribution in [-0.2, 0) is 13.6 Å². The SMILES string of the molecule is COc1ccc(-c2c(C)nn3c(N(Cc4cc(C)nn4C)C(=O)O)cc(N4CC(F)(F)C4)nc23)cc1OC. The van der Waals surface area contributed by atoms with E-state index in [0.717, 1.165) is 10.6 Å². The lowest BCUT2D eigenvalue weighted by Gasteiger charge is -2.39. The molecule has 1 amide bonds. The molecule has 38 heavy (non-hydrogen) atoms. The molecule has 1 fully saturated rings. The Kier molecular flexibility index (Phi) is 6.08. The number of rotatable bonds is 7. The van der Waals surface area contributed by atoms with Crippen molar-refractivity contribution in [3.8, 4) is 22.6 Å². The van der Waals surface area contributed by atoms with E-state index in [1.54, 1.807) is 36.9 Å². The Bertz CT molecular complexity index is 1540. The van der Waals surface area contributed by atoms with E-state index in [0.29, 0.717) is 39.7 Å². The molecule has 0 bridgehead atoms. The van der Waals surface area contributed by atoms with Crippen LogP contribution in [-0.4, -0.2) is 68.8 Å². The summed E-state index contributed by atoms with van der Waals surface area (Å²) in [5, 5.41) is 19.1. The van der Waals surface area contributed by atoms with Crippen LogP contribution in [0.5, 0.6) is 11.5 Å². The summed E-state index contributed by atoms with van der Waals surface area (Å²) in [6.07, 6.45) is -1.24. The topological polar surface area (TPSA) is 110 Å². The van der Waals surface area contributed by atoms with Gasteiger partial charge in [-0.25, -0.2) is 18.6 Å². The number of amides is 1. The second-order valence-corrected chi connectivity index (χ2v) is 9.22. The van der Waals surface area contributed by atoms with Crippen molar-refractivity contribution in [2.45, 2.75) is 26.3 Å². The minimum Gasteiger partial charge on any atom is -0.493 e. The molecule has 200 valence electrons. The summed E-state index contributed by atoms with van der Waals surface area (Å²) < 4.78 is 41.4. The van der Waals surface area contributed by atoms with E-state index in [-0.39, 0.29) is 18.2 Å². The molecule has 0 spiro atoms. The van der Waals surface area contributed by atoms with Gasteiger partial charge in [-0.1, -0.05) is 6.07 Å². The van der Waals surface area contributed by atoms with Crippen LogP contribution in [0.15, 0.2) is 30.3 Å². The standard InChI is InChI=1S/C25H27F2N7O4/c1-14-8-17(31(3)29-14)11-33(24(35)36)21-10-20(32-12-25(26,27)13-32)28-23-22(15(2)30-34(21)23)16-6-7-18(37-4)19(9-16)38-5/h6-10H,11-13H2,1-5H3,(H,35,36). The second kappa shape index (κ2) is 9.15. The average molecular weight is 528 g/mol. The van der Waals surface area contributed by atoms with Crippen LogP contribution >= 0.6 is 0 Å². The zero-order chi connectivity index (χ0) is 27.4. The Hall–Kier alpha value is -4.42. The summed E-state index contributed by atoms with van der Waals surface area (Å²) in [7, 11) is 4.78. The fraction of sp³-hybridized carbons (Fsp3) is 0.360. The highest BCUT2D eigenvalue weighted by Gasteiger charge is 2.45. The molecule has 0 saturated carbocycles. The van der Waals surface area contributed by atoms with Crippen LogP contribution in [0.4, 0.5) is 25.2 Å². The van der Waals surface area contributed by atoms with Gasteiger partial charge < -0.3 is 19.5 Å². The number of methoxy groups -OCH3 is 2. The Morgan fingerprint density at radius 2 is 1.82 bits per heavy atom. The first kappa shape index (κ1) is 25.2. The molecule has 0 unspecified atom stereocenters. The van der Waals surface area contributed by atoms with Gasteiger partial charge in [-0.15, -0.1) is 0 Å². The van der Waals surface area contributed by atoms with E-state index in [9.17, 15) is 18.7 Å². The van der Waals surface area contributed by atoms with Crippen molar-refractivity contribution in [2.24, 2.45) is 7.05 Å². The number of aromatic nitrogens is 5. The van der Waals surface area contributed by atoms with Crippen molar-refractivity contribution in [2.75, 3.05) is 37.1 Å². The Morgan fingerprint density at radius 3 is 2.39 bits per heavy atom. The summed E-state index contributed by atoms with van der Waals surface area (Å²) >= 11 is 0. The molecule has 5 rings (SSSR count). The predicted molar refractivity (Wildman–Crippen MR) is 136 cm³/mol. The van der Waals surface area contributed by atoms with Gasteiger partial charge in [-0.05, 0) is 37.6 Å². The Balaban J connectivity index is 1.71. The Morgan fingerprint density at radius 1 is 1.11 bits per heavy atom. The van der Waals surface area contributed by atoms with Crippen molar-refractivity contribution in [1.82, 2.24) is 24.4 Å². The van der Waals surface area contributed by atoms with Gasteiger partial charge in [-0.2, -0.15) is 14.7 Å². The maximum atomic E-state index is 13.8. The number of hydrogen-bond acceptors (Lipinski definition) is 7. The molecular formula is C25H27F2N7O4. The maximum absolute atomic E-state index is 13.8. The molecular weight excluding hydrogens is 500 g/mol. The van der Waals surface area contributed by atoms with Crippen molar-refractivity contribution in [3.05, 3.63) is 47.4 Å². The van der Waals surface area contributed by atoms with E-state index in [4.69, 9.17) is 9.47 Å². The lowest BCUT2D eigenvalue weighted by atomic mass is 10.1. The molecule has 1 aromatic carbocycles. The molecule has 4 aromatic rings.